The van der Waals surface area contributed by atoms with Crippen molar-refractivity contribution in [3.8, 4) is 0 Å². The molecule has 0 radical (unpaired) electrons. The molecule has 0 heterocycles. The summed E-state index contributed by atoms with van der Waals surface area (Å²) in [5.41, 5.74) is 0. The lowest BCUT2D eigenvalue weighted by atomic mass is 10.0. The van der Waals surface area contributed by atoms with E-state index in [4.69, 9.17) is 0 Å². The summed E-state index contributed by atoms with van der Waals surface area (Å²) in [6, 6.07) is -1.23. The van der Waals surface area contributed by atoms with E-state index in [9.17, 15) is 28.0 Å². The van der Waals surface area contributed by atoms with Crippen LogP contribution in [0.1, 0.15) is 219 Å². The van der Waals surface area contributed by atoms with Gasteiger partial charge in [-0.05, 0) is 19.3 Å². The van der Waals surface area contributed by atoms with E-state index in [1.54, 1.807) is 6.08 Å². The molecular formula is C41H81NO6S. The molecule has 0 aliphatic rings. The molecule has 3 unspecified atom stereocenters. The number of hydrogen-bond donors (Lipinski definition) is 4. The van der Waals surface area contributed by atoms with Crippen molar-refractivity contribution in [3.63, 3.8) is 0 Å². The maximum absolute atomic E-state index is 12.6. The molecule has 292 valence electrons. The number of unbranched alkanes of at least 4 members (excludes halogenated alkanes) is 29. The van der Waals surface area contributed by atoms with Gasteiger partial charge in [0.05, 0.1) is 17.9 Å². The zero-order chi connectivity index (χ0) is 36.3. The average molecular weight is 716 g/mol. The first-order valence-electron chi connectivity index (χ1n) is 21.0. The van der Waals surface area contributed by atoms with Crippen LogP contribution in [0.2, 0.25) is 0 Å². The van der Waals surface area contributed by atoms with Gasteiger partial charge in [0.15, 0.2) is 0 Å². The number of aliphatic hydroxyl groups excluding tert-OH is 2. The van der Waals surface area contributed by atoms with Crippen LogP contribution in [0.25, 0.3) is 0 Å². The van der Waals surface area contributed by atoms with Crippen molar-refractivity contribution in [1.82, 2.24) is 5.32 Å². The largest absolute Gasteiger partial charge is 0.387 e. The fourth-order valence-electron chi connectivity index (χ4n) is 6.57. The topological polar surface area (TPSA) is 124 Å². The van der Waals surface area contributed by atoms with Gasteiger partial charge >= 0.3 is 0 Å². The van der Waals surface area contributed by atoms with Gasteiger partial charge in [-0.15, -0.1) is 0 Å². The van der Waals surface area contributed by atoms with Crippen molar-refractivity contribution in [1.29, 1.82) is 0 Å². The number of aliphatic hydroxyl groups is 2. The predicted octanol–water partition coefficient (Wildman–Crippen LogP) is 11.2. The van der Waals surface area contributed by atoms with Crippen molar-refractivity contribution < 1.29 is 28.0 Å². The van der Waals surface area contributed by atoms with Gasteiger partial charge < -0.3 is 15.5 Å². The van der Waals surface area contributed by atoms with Crippen LogP contribution in [0.4, 0.5) is 0 Å². The molecule has 3 atom stereocenters. The minimum atomic E-state index is -4.43. The van der Waals surface area contributed by atoms with E-state index in [2.05, 4.69) is 19.2 Å². The highest BCUT2D eigenvalue weighted by atomic mass is 32.2. The maximum atomic E-state index is 12.6. The molecule has 0 saturated heterocycles. The van der Waals surface area contributed by atoms with Crippen LogP contribution >= 0.6 is 0 Å². The monoisotopic (exact) mass is 716 g/mol. The molecule has 49 heavy (non-hydrogen) atoms. The highest BCUT2D eigenvalue weighted by Gasteiger charge is 2.27. The third kappa shape index (κ3) is 35.2. The molecule has 0 bridgehead atoms. The molecular weight excluding hydrogens is 635 g/mol. The first-order valence-corrected chi connectivity index (χ1v) is 22.6. The van der Waals surface area contributed by atoms with Crippen molar-refractivity contribution in [2.75, 3.05) is 5.75 Å². The smallest absolute Gasteiger partial charge is 0.267 e. The normalized spacial score (nSPS) is 14.0. The van der Waals surface area contributed by atoms with E-state index < -0.39 is 40.0 Å². The van der Waals surface area contributed by atoms with Gasteiger partial charge in [-0.25, -0.2) is 0 Å². The quantitative estimate of drug-likeness (QED) is 0.0286. The SMILES string of the molecule is CCCCCCCCCCCC/C=C/C(O)C(CS(=O)(=O)O)NC(=O)C(O)CCCCCCCCCCCCCCCCCCCCCC. The number of hydrogen-bond acceptors (Lipinski definition) is 5. The van der Waals surface area contributed by atoms with Crippen LogP contribution in [-0.4, -0.2) is 53.1 Å². The van der Waals surface area contributed by atoms with E-state index in [0.29, 0.717) is 6.42 Å². The molecule has 0 aromatic carbocycles. The Morgan fingerprint density at radius 1 is 0.551 bits per heavy atom. The maximum Gasteiger partial charge on any atom is 0.267 e. The third-order valence-corrected chi connectivity index (χ3v) is 10.6. The fraction of sp³-hybridized carbons (Fsp3) is 0.927. The van der Waals surface area contributed by atoms with Gasteiger partial charge in [0.25, 0.3) is 10.1 Å². The van der Waals surface area contributed by atoms with Crippen LogP contribution in [0.3, 0.4) is 0 Å². The number of nitrogens with one attached hydrogen (secondary N) is 1. The van der Waals surface area contributed by atoms with Gasteiger partial charge in [-0.3, -0.25) is 9.35 Å². The lowest BCUT2D eigenvalue weighted by Gasteiger charge is -2.22. The van der Waals surface area contributed by atoms with E-state index in [1.165, 1.54) is 160 Å². The number of allylic oxidation sites excluding steroid dienone is 1. The first kappa shape index (κ1) is 48.0. The van der Waals surface area contributed by atoms with Crippen molar-refractivity contribution >= 4 is 16.0 Å². The molecule has 0 rings (SSSR count). The Labute approximate surface area is 304 Å². The molecule has 0 aliphatic heterocycles. The van der Waals surface area contributed by atoms with E-state index in [-0.39, 0.29) is 6.42 Å². The Balaban J connectivity index is 3.93. The highest BCUT2D eigenvalue weighted by Crippen LogP contribution is 2.16. The van der Waals surface area contributed by atoms with Gasteiger partial charge in [0.2, 0.25) is 5.91 Å². The molecule has 0 fully saturated rings. The summed E-state index contributed by atoms with van der Waals surface area (Å²) in [7, 11) is -4.43. The summed E-state index contributed by atoms with van der Waals surface area (Å²) < 4.78 is 32.5. The van der Waals surface area contributed by atoms with Crippen LogP contribution in [-0.2, 0) is 14.9 Å². The second-order valence-corrected chi connectivity index (χ2v) is 16.3. The molecule has 8 heteroatoms. The lowest BCUT2D eigenvalue weighted by molar-refractivity contribution is -0.130. The summed E-state index contributed by atoms with van der Waals surface area (Å²) in [6.45, 7) is 4.50. The molecule has 4 N–H and O–H groups in total. The minimum Gasteiger partial charge on any atom is -0.387 e. The zero-order valence-electron chi connectivity index (χ0n) is 32.2. The molecule has 0 aromatic heterocycles. The molecule has 7 nitrogen and oxygen atoms in total. The van der Waals surface area contributed by atoms with Gasteiger partial charge in [-0.2, -0.15) is 8.42 Å². The molecule has 1 amide bonds. The van der Waals surface area contributed by atoms with Gasteiger partial charge in [-0.1, -0.05) is 212 Å². The summed E-state index contributed by atoms with van der Waals surface area (Å²) in [4.78, 5) is 12.6. The van der Waals surface area contributed by atoms with E-state index in [1.807, 2.05) is 0 Å². The predicted molar refractivity (Wildman–Crippen MR) is 209 cm³/mol. The average Bonchev–Trinajstić information content (AvgIpc) is 3.06. The Hall–Kier alpha value is -0.960. The second-order valence-electron chi connectivity index (χ2n) is 14.8. The number of amides is 1. The number of carbonyl (C=O) groups excluding carboxylic acids is 1. The van der Waals surface area contributed by atoms with E-state index in [0.717, 1.165) is 38.5 Å². The standard InChI is InChI=1S/C41H81NO6S/c1-3-5-7-9-11-13-15-17-18-19-20-21-22-23-24-26-28-30-32-34-36-40(44)41(45)42-38(37-49(46,47)48)39(43)35-33-31-29-27-25-16-14-12-10-8-6-4-2/h33,35,38-40,43-44H,3-32,34,36-37H2,1-2H3,(H,42,45)(H,46,47,48)/b35-33+. The summed E-state index contributed by atoms with van der Waals surface area (Å²) in [6.07, 6.45) is 39.9. The Morgan fingerprint density at radius 2 is 0.878 bits per heavy atom. The number of carbonyl (C=O) groups is 1. The molecule has 0 aliphatic carbocycles. The van der Waals surface area contributed by atoms with Crippen molar-refractivity contribution in [3.05, 3.63) is 12.2 Å². The van der Waals surface area contributed by atoms with Gasteiger partial charge in [0.1, 0.15) is 6.10 Å². The summed E-state index contributed by atoms with van der Waals surface area (Å²) >= 11 is 0. The molecule has 0 aromatic rings. The zero-order valence-corrected chi connectivity index (χ0v) is 33.0. The second kappa shape index (κ2) is 35.4. The Morgan fingerprint density at radius 3 is 1.22 bits per heavy atom. The first-order chi connectivity index (χ1) is 23.7. The van der Waals surface area contributed by atoms with Crippen LogP contribution < -0.4 is 5.32 Å². The fourth-order valence-corrected chi connectivity index (χ4v) is 7.31. The van der Waals surface area contributed by atoms with Gasteiger partial charge in [0, 0.05) is 0 Å². The summed E-state index contributed by atoms with van der Waals surface area (Å²) in [5.74, 6) is -1.53. The Kier molecular flexibility index (Phi) is 34.7. The van der Waals surface area contributed by atoms with Crippen molar-refractivity contribution in [2.24, 2.45) is 0 Å². The van der Waals surface area contributed by atoms with Crippen LogP contribution in [0.5, 0.6) is 0 Å². The van der Waals surface area contributed by atoms with Crippen molar-refractivity contribution in [2.45, 2.75) is 238 Å². The molecule has 0 spiro atoms. The van der Waals surface area contributed by atoms with Crippen LogP contribution in [0, 0.1) is 0 Å². The lowest BCUT2D eigenvalue weighted by Crippen LogP contribution is -2.50. The Bertz CT molecular complexity index is 849. The third-order valence-electron chi connectivity index (χ3n) is 9.82. The van der Waals surface area contributed by atoms with E-state index >= 15 is 0 Å². The highest BCUT2D eigenvalue weighted by molar-refractivity contribution is 7.85. The minimum absolute atomic E-state index is 0.286. The number of rotatable bonds is 38. The van der Waals surface area contributed by atoms with Crippen LogP contribution in [0.15, 0.2) is 12.2 Å². The molecule has 0 saturated carbocycles. The summed E-state index contributed by atoms with van der Waals surface area (Å²) in [5, 5.41) is 23.4.